The van der Waals surface area contributed by atoms with Crippen LogP contribution in [-0.4, -0.2) is 15.0 Å². The molecule has 28 heavy (non-hydrogen) atoms. The van der Waals surface area contributed by atoms with E-state index in [-0.39, 0.29) is 0 Å². The van der Waals surface area contributed by atoms with Gasteiger partial charge < -0.3 is 10.7 Å². The number of rotatable bonds is 3. The van der Waals surface area contributed by atoms with Gasteiger partial charge in [0, 0.05) is 62.9 Å². The molecule has 0 atom stereocenters. The molecule has 136 valence electrons. The van der Waals surface area contributed by atoms with Gasteiger partial charge in [0.05, 0.1) is 11.1 Å². The molecule has 0 spiro atoms. The molecular formula is C21H13Cl2N5. The fraction of sp³-hybridized carbons (Fsp3) is 0. The van der Waals surface area contributed by atoms with Gasteiger partial charge >= 0.3 is 0 Å². The van der Waals surface area contributed by atoms with Gasteiger partial charge in [-0.15, -0.1) is 0 Å². The molecule has 3 N–H and O–H groups in total. The first-order chi connectivity index (χ1) is 13.6. The molecular weight excluding hydrogens is 393 g/mol. The van der Waals surface area contributed by atoms with E-state index in [2.05, 4.69) is 15.0 Å². The molecule has 0 aliphatic rings. The van der Waals surface area contributed by atoms with E-state index in [1.165, 1.54) is 6.08 Å². The number of aromatic amines is 1. The Balaban J connectivity index is 1.88. The minimum atomic E-state index is 0.464. The number of fused-ring (bicyclic) bond motifs is 1. The van der Waals surface area contributed by atoms with Crippen molar-refractivity contribution in [2.45, 2.75) is 0 Å². The van der Waals surface area contributed by atoms with Gasteiger partial charge in [0.2, 0.25) is 0 Å². The highest BCUT2D eigenvalue weighted by atomic mass is 35.5. The number of allylic oxidation sites excluding steroid dienone is 1. The lowest BCUT2D eigenvalue weighted by molar-refractivity contribution is 1.31. The smallest absolute Gasteiger partial charge is 0.137 e. The highest BCUT2D eigenvalue weighted by Crippen LogP contribution is 2.39. The van der Waals surface area contributed by atoms with Crippen molar-refractivity contribution in [1.29, 1.82) is 5.26 Å². The lowest BCUT2D eigenvalue weighted by atomic mass is 10.0. The predicted octanol–water partition coefficient (Wildman–Crippen LogP) is 5.72. The first-order valence-electron chi connectivity index (χ1n) is 8.32. The van der Waals surface area contributed by atoms with Crippen molar-refractivity contribution in [3.63, 3.8) is 0 Å². The maximum atomic E-state index is 8.81. The van der Waals surface area contributed by atoms with Crippen LogP contribution >= 0.6 is 23.2 Å². The first kappa shape index (κ1) is 18.1. The van der Waals surface area contributed by atoms with Gasteiger partial charge in [0.1, 0.15) is 11.5 Å². The monoisotopic (exact) mass is 405 g/mol. The summed E-state index contributed by atoms with van der Waals surface area (Å²) in [4.78, 5) is 11.8. The standard InChI is InChI=1S/C21H13Cl2N5/c22-18-5-4-14(20(23)15(18)2-1-7-24)17-11-28-21-16(17)8-13(10-27-21)12-3-6-19(25)26-9-12/h1-6,8-11H,(H2,25,26)(H,27,28)/b2-1-. The number of nitrogens with zero attached hydrogens (tertiary/aromatic N) is 3. The first-order valence-corrected chi connectivity index (χ1v) is 9.07. The molecule has 0 fully saturated rings. The zero-order valence-electron chi connectivity index (χ0n) is 14.4. The Labute approximate surface area is 171 Å². The van der Waals surface area contributed by atoms with E-state index in [1.54, 1.807) is 30.6 Å². The van der Waals surface area contributed by atoms with Crippen molar-refractivity contribution < 1.29 is 0 Å². The van der Waals surface area contributed by atoms with Crippen LogP contribution in [0.2, 0.25) is 10.0 Å². The van der Waals surface area contributed by atoms with E-state index in [0.717, 1.165) is 33.3 Å². The number of nitrogens with one attached hydrogen (secondary N) is 1. The fourth-order valence-corrected chi connectivity index (χ4v) is 3.61. The van der Waals surface area contributed by atoms with Crippen LogP contribution < -0.4 is 5.73 Å². The van der Waals surface area contributed by atoms with Crippen molar-refractivity contribution >= 4 is 46.1 Å². The second-order valence-corrected chi connectivity index (χ2v) is 6.86. The van der Waals surface area contributed by atoms with Crippen LogP contribution in [0.15, 0.2) is 55.0 Å². The van der Waals surface area contributed by atoms with Gasteiger partial charge in [-0.2, -0.15) is 5.26 Å². The number of H-pyrrole nitrogens is 1. The fourth-order valence-electron chi connectivity index (χ4n) is 3.01. The van der Waals surface area contributed by atoms with Gasteiger partial charge in [-0.1, -0.05) is 29.3 Å². The molecule has 1 aromatic carbocycles. The number of benzene rings is 1. The summed E-state index contributed by atoms with van der Waals surface area (Å²) in [5.74, 6) is 0.464. The van der Waals surface area contributed by atoms with Crippen LogP contribution in [0.4, 0.5) is 5.82 Å². The summed E-state index contributed by atoms with van der Waals surface area (Å²) in [6, 6.07) is 11.3. The van der Waals surface area contributed by atoms with Crippen molar-refractivity contribution in [1.82, 2.24) is 15.0 Å². The Kier molecular flexibility index (Phi) is 4.74. The van der Waals surface area contributed by atoms with E-state index in [0.29, 0.717) is 21.4 Å². The lowest BCUT2D eigenvalue weighted by Crippen LogP contribution is -1.89. The van der Waals surface area contributed by atoms with Gasteiger partial charge in [0.15, 0.2) is 0 Å². The topological polar surface area (TPSA) is 91.4 Å². The van der Waals surface area contributed by atoms with Crippen LogP contribution in [0.5, 0.6) is 0 Å². The second-order valence-electron chi connectivity index (χ2n) is 6.08. The van der Waals surface area contributed by atoms with Crippen molar-refractivity contribution in [3.05, 3.63) is 70.6 Å². The maximum Gasteiger partial charge on any atom is 0.137 e. The average Bonchev–Trinajstić information content (AvgIpc) is 3.11. The van der Waals surface area contributed by atoms with Gasteiger partial charge in [0.25, 0.3) is 0 Å². The predicted molar refractivity (Wildman–Crippen MR) is 114 cm³/mol. The summed E-state index contributed by atoms with van der Waals surface area (Å²) < 4.78 is 0. The minimum Gasteiger partial charge on any atom is -0.384 e. The SMILES string of the molecule is N#C/C=C\c1c(Cl)ccc(-c2c[nH]c3ncc(-c4ccc(N)nc4)cc23)c1Cl. The lowest BCUT2D eigenvalue weighted by Gasteiger charge is -2.09. The molecule has 4 rings (SSSR count). The summed E-state index contributed by atoms with van der Waals surface area (Å²) in [6.07, 6.45) is 8.30. The largest absolute Gasteiger partial charge is 0.384 e. The Hall–Kier alpha value is -3.33. The number of anilines is 1. The molecule has 0 unspecified atom stereocenters. The van der Waals surface area contributed by atoms with Crippen molar-refractivity contribution in [3.8, 4) is 28.3 Å². The van der Waals surface area contributed by atoms with Crippen LogP contribution in [0.1, 0.15) is 5.56 Å². The molecule has 0 saturated carbocycles. The van der Waals surface area contributed by atoms with Crippen LogP contribution in [0, 0.1) is 11.3 Å². The zero-order chi connectivity index (χ0) is 19.7. The summed E-state index contributed by atoms with van der Waals surface area (Å²) in [7, 11) is 0. The Bertz CT molecular complexity index is 1250. The number of pyridine rings is 2. The Morgan fingerprint density at radius 2 is 1.86 bits per heavy atom. The van der Waals surface area contributed by atoms with Crippen molar-refractivity contribution in [2.75, 3.05) is 5.73 Å². The Morgan fingerprint density at radius 1 is 1.04 bits per heavy atom. The zero-order valence-corrected chi connectivity index (χ0v) is 16.0. The number of nitrogens with two attached hydrogens (primary N) is 1. The second kappa shape index (κ2) is 7.35. The molecule has 7 heteroatoms. The third-order valence-corrected chi connectivity index (χ3v) is 5.13. The molecule has 0 amide bonds. The molecule has 0 aliphatic carbocycles. The molecule has 4 aromatic rings. The summed E-state index contributed by atoms with van der Waals surface area (Å²) in [5.41, 5.74) is 10.5. The van der Waals surface area contributed by atoms with E-state index < -0.39 is 0 Å². The van der Waals surface area contributed by atoms with E-state index in [9.17, 15) is 0 Å². The molecule has 0 saturated heterocycles. The highest BCUT2D eigenvalue weighted by molar-refractivity contribution is 6.39. The number of hydrogen-bond acceptors (Lipinski definition) is 4. The molecule has 0 radical (unpaired) electrons. The van der Waals surface area contributed by atoms with Crippen molar-refractivity contribution in [2.24, 2.45) is 0 Å². The normalized spacial score (nSPS) is 11.2. The molecule has 5 nitrogen and oxygen atoms in total. The Morgan fingerprint density at radius 3 is 2.61 bits per heavy atom. The number of nitrogen functional groups attached to an aromatic ring is 1. The van der Waals surface area contributed by atoms with E-state index in [1.807, 2.05) is 30.5 Å². The minimum absolute atomic E-state index is 0.464. The van der Waals surface area contributed by atoms with E-state index in [4.69, 9.17) is 34.2 Å². The number of hydrogen-bond donors (Lipinski definition) is 2. The molecule has 0 bridgehead atoms. The number of halogens is 2. The van der Waals surface area contributed by atoms with E-state index >= 15 is 0 Å². The maximum absolute atomic E-state index is 8.81. The molecule has 3 heterocycles. The summed E-state index contributed by atoms with van der Waals surface area (Å²) in [5, 5.41) is 10.7. The summed E-state index contributed by atoms with van der Waals surface area (Å²) >= 11 is 12.9. The van der Waals surface area contributed by atoms with Gasteiger partial charge in [-0.05, 0) is 30.3 Å². The van der Waals surface area contributed by atoms with Crippen LogP contribution in [0.25, 0.3) is 39.4 Å². The van der Waals surface area contributed by atoms with Gasteiger partial charge in [-0.3, -0.25) is 0 Å². The quantitative estimate of drug-likeness (QED) is 0.426. The van der Waals surface area contributed by atoms with Crippen LogP contribution in [-0.2, 0) is 0 Å². The molecule has 0 aliphatic heterocycles. The number of nitriles is 1. The third-order valence-electron chi connectivity index (χ3n) is 4.39. The molecule has 3 aromatic heterocycles. The number of aromatic nitrogens is 3. The third kappa shape index (κ3) is 3.20. The van der Waals surface area contributed by atoms with Crippen LogP contribution in [0.3, 0.4) is 0 Å². The summed E-state index contributed by atoms with van der Waals surface area (Å²) in [6.45, 7) is 0. The average molecular weight is 406 g/mol. The van der Waals surface area contributed by atoms with Gasteiger partial charge in [-0.25, -0.2) is 9.97 Å². The highest BCUT2D eigenvalue weighted by Gasteiger charge is 2.15.